The molecule has 1 unspecified atom stereocenters. The van der Waals surface area contributed by atoms with Crippen LogP contribution in [0.3, 0.4) is 0 Å². The molecule has 2 rings (SSSR count). The molecule has 0 saturated heterocycles. The normalized spacial score (nSPS) is 16.4. The van der Waals surface area contributed by atoms with Gasteiger partial charge >= 0.3 is 5.97 Å². The molecule has 0 aromatic heterocycles. The van der Waals surface area contributed by atoms with E-state index in [1.807, 2.05) is 6.92 Å². The number of nitrogens with one attached hydrogen (secondary N) is 2. The first-order valence-electron chi connectivity index (χ1n) is 8.05. The van der Waals surface area contributed by atoms with E-state index in [2.05, 4.69) is 10.7 Å². The Morgan fingerprint density at radius 2 is 2.00 bits per heavy atom. The number of carbonyl (C=O) groups excluding carboxylic acids is 3. The predicted octanol–water partition coefficient (Wildman–Crippen LogP) is -0.106. The minimum Gasteiger partial charge on any atom is -0.493 e. The van der Waals surface area contributed by atoms with E-state index in [0.717, 1.165) is 6.42 Å². The number of hydrogen-bond donors (Lipinski definition) is 3. The topological polar surface area (TPSA) is 123 Å². The van der Waals surface area contributed by atoms with Crippen LogP contribution in [-0.2, 0) is 14.3 Å². The molecule has 0 spiro atoms. The third kappa shape index (κ3) is 3.94. The first-order valence-corrected chi connectivity index (χ1v) is 8.05. The van der Waals surface area contributed by atoms with Gasteiger partial charge in [-0.3, -0.25) is 9.59 Å². The van der Waals surface area contributed by atoms with Crippen molar-refractivity contribution in [2.24, 2.45) is 5.73 Å². The summed E-state index contributed by atoms with van der Waals surface area (Å²) in [6, 6.07) is 5.63. The van der Waals surface area contributed by atoms with E-state index in [1.165, 1.54) is 19.2 Å². The summed E-state index contributed by atoms with van der Waals surface area (Å²) >= 11 is 0. The van der Waals surface area contributed by atoms with Gasteiger partial charge in [0.2, 0.25) is 5.91 Å². The second-order valence-corrected chi connectivity index (χ2v) is 5.58. The highest BCUT2D eigenvalue weighted by Gasteiger charge is 2.38. The summed E-state index contributed by atoms with van der Waals surface area (Å²) in [5, 5.41) is 3.88. The van der Waals surface area contributed by atoms with Gasteiger partial charge in [0, 0.05) is 7.05 Å². The predicted molar refractivity (Wildman–Crippen MR) is 92.6 cm³/mol. The molecule has 0 aliphatic carbocycles. The number of amides is 2. The van der Waals surface area contributed by atoms with E-state index in [-0.39, 0.29) is 17.0 Å². The summed E-state index contributed by atoms with van der Waals surface area (Å²) < 4.78 is 10.3. The molecule has 1 atom stereocenters. The lowest BCUT2D eigenvalue weighted by atomic mass is 10.1. The molecule has 1 aromatic carbocycles. The molecule has 1 aliphatic rings. The fourth-order valence-corrected chi connectivity index (χ4v) is 2.50. The van der Waals surface area contributed by atoms with Crippen LogP contribution >= 0.6 is 0 Å². The van der Waals surface area contributed by atoms with Crippen LogP contribution in [0.25, 0.3) is 0 Å². The van der Waals surface area contributed by atoms with Crippen LogP contribution in [0.4, 0.5) is 0 Å². The quantitative estimate of drug-likeness (QED) is 0.579. The molecule has 0 bridgehead atoms. The standard InChI is InChI=1S/C17H22N4O5/c1-4-9-26-11-8-6-5-7-10(11)16(23)19-12-13(15(18)22)20-21(2)14(12)17(24)25-3/h5-8,13,20H,4,9H2,1-3H3,(H2,18,22)(H,19,23). The minimum absolute atomic E-state index is 0.00314. The number of hydrazine groups is 1. The van der Waals surface area contributed by atoms with Crippen LogP contribution in [-0.4, -0.2) is 49.6 Å². The van der Waals surface area contributed by atoms with Crippen LogP contribution < -0.4 is 21.2 Å². The summed E-state index contributed by atoms with van der Waals surface area (Å²) in [5.41, 5.74) is 8.39. The molecule has 0 saturated carbocycles. The first-order chi connectivity index (χ1) is 12.4. The Morgan fingerprint density at radius 3 is 2.62 bits per heavy atom. The van der Waals surface area contributed by atoms with E-state index in [9.17, 15) is 14.4 Å². The number of ether oxygens (including phenoxy) is 2. The first kappa shape index (κ1) is 19.3. The van der Waals surface area contributed by atoms with Crippen LogP contribution in [0, 0.1) is 0 Å². The third-order valence-electron chi connectivity index (χ3n) is 3.71. The molecule has 0 radical (unpaired) electrons. The van der Waals surface area contributed by atoms with Gasteiger partial charge in [-0.2, -0.15) is 0 Å². The summed E-state index contributed by atoms with van der Waals surface area (Å²) in [6.45, 7) is 2.40. The molecular weight excluding hydrogens is 340 g/mol. The number of methoxy groups -OCH3 is 1. The molecule has 26 heavy (non-hydrogen) atoms. The van der Waals surface area contributed by atoms with Gasteiger partial charge in [-0.05, 0) is 18.6 Å². The molecule has 1 aliphatic heterocycles. The molecular formula is C17H22N4O5. The molecule has 4 N–H and O–H groups in total. The lowest BCUT2D eigenvalue weighted by molar-refractivity contribution is -0.138. The van der Waals surface area contributed by atoms with Gasteiger partial charge in [0.1, 0.15) is 11.8 Å². The Kier molecular flexibility index (Phi) is 6.18. The zero-order valence-corrected chi connectivity index (χ0v) is 14.9. The molecule has 2 amide bonds. The maximum absolute atomic E-state index is 12.7. The Balaban J connectivity index is 2.37. The number of nitrogens with two attached hydrogens (primary N) is 1. The zero-order valence-electron chi connectivity index (χ0n) is 14.9. The van der Waals surface area contributed by atoms with Crippen molar-refractivity contribution in [2.75, 3.05) is 20.8 Å². The van der Waals surface area contributed by atoms with Crippen molar-refractivity contribution in [3.8, 4) is 5.75 Å². The van der Waals surface area contributed by atoms with Crippen molar-refractivity contribution in [1.29, 1.82) is 0 Å². The second-order valence-electron chi connectivity index (χ2n) is 5.58. The van der Waals surface area contributed by atoms with Crippen LogP contribution in [0.5, 0.6) is 5.75 Å². The van der Waals surface area contributed by atoms with Gasteiger partial charge in [-0.15, -0.1) is 0 Å². The molecule has 9 nitrogen and oxygen atoms in total. The summed E-state index contributed by atoms with van der Waals surface area (Å²) in [6.07, 6.45) is 0.784. The number of rotatable bonds is 7. The zero-order chi connectivity index (χ0) is 19.3. The number of nitrogens with zero attached hydrogens (tertiary/aromatic N) is 1. The maximum Gasteiger partial charge on any atom is 0.357 e. The molecule has 1 heterocycles. The number of para-hydroxylation sites is 1. The van der Waals surface area contributed by atoms with Gasteiger partial charge < -0.3 is 25.5 Å². The monoisotopic (exact) mass is 362 g/mol. The van der Waals surface area contributed by atoms with E-state index >= 15 is 0 Å². The van der Waals surface area contributed by atoms with Crippen molar-refractivity contribution in [3.63, 3.8) is 0 Å². The summed E-state index contributed by atoms with van der Waals surface area (Å²) in [4.78, 5) is 36.5. The number of hydrogen-bond acceptors (Lipinski definition) is 7. The Morgan fingerprint density at radius 1 is 1.31 bits per heavy atom. The fourth-order valence-electron chi connectivity index (χ4n) is 2.50. The van der Waals surface area contributed by atoms with Crippen LogP contribution in [0.1, 0.15) is 23.7 Å². The Hall–Kier alpha value is -3.07. The van der Waals surface area contributed by atoms with Crippen molar-refractivity contribution in [2.45, 2.75) is 19.4 Å². The van der Waals surface area contributed by atoms with Crippen LogP contribution in [0.15, 0.2) is 35.7 Å². The average molecular weight is 362 g/mol. The van der Waals surface area contributed by atoms with E-state index < -0.39 is 23.8 Å². The fraction of sp³-hybridized carbons (Fsp3) is 0.353. The van der Waals surface area contributed by atoms with E-state index in [1.54, 1.807) is 24.3 Å². The van der Waals surface area contributed by atoms with E-state index in [4.69, 9.17) is 15.2 Å². The maximum atomic E-state index is 12.7. The van der Waals surface area contributed by atoms with Gasteiger partial charge in [0.25, 0.3) is 5.91 Å². The lowest BCUT2D eigenvalue weighted by Crippen LogP contribution is -2.46. The second kappa shape index (κ2) is 8.34. The van der Waals surface area contributed by atoms with Crippen molar-refractivity contribution in [1.82, 2.24) is 15.8 Å². The third-order valence-corrected chi connectivity index (χ3v) is 3.71. The lowest BCUT2D eigenvalue weighted by Gasteiger charge is -2.15. The van der Waals surface area contributed by atoms with Gasteiger partial charge in [0.15, 0.2) is 5.70 Å². The molecule has 0 fully saturated rings. The van der Waals surface area contributed by atoms with Gasteiger partial charge in [-0.25, -0.2) is 10.2 Å². The molecule has 140 valence electrons. The molecule has 1 aromatic rings. The molecule has 9 heteroatoms. The number of primary amides is 1. The SMILES string of the molecule is CCCOc1ccccc1C(=O)NC1=C(C(=O)OC)N(C)NC1C(N)=O. The largest absolute Gasteiger partial charge is 0.493 e. The van der Waals surface area contributed by atoms with Crippen molar-refractivity contribution in [3.05, 3.63) is 41.2 Å². The number of likely N-dealkylation sites (N-methyl/N-ethyl adjacent to an activating group) is 1. The Labute approximate surface area is 151 Å². The number of carbonyl (C=O) groups is 3. The highest BCUT2D eigenvalue weighted by molar-refractivity contribution is 6.01. The smallest absolute Gasteiger partial charge is 0.357 e. The van der Waals surface area contributed by atoms with Gasteiger partial charge in [0.05, 0.1) is 25.0 Å². The highest BCUT2D eigenvalue weighted by atomic mass is 16.5. The van der Waals surface area contributed by atoms with E-state index in [0.29, 0.717) is 12.4 Å². The minimum atomic E-state index is -1.07. The van der Waals surface area contributed by atoms with Crippen molar-refractivity contribution < 1.29 is 23.9 Å². The number of benzene rings is 1. The highest BCUT2D eigenvalue weighted by Crippen LogP contribution is 2.22. The van der Waals surface area contributed by atoms with Crippen LogP contribution in [0.2, 0.25) is 0 Å². The van der Waals surface area contributed by atoms with Crippen molar-refractivity contribution >= 4 is 17.8 Å². The summed E-state index contributed by atoms with van der Waals surface area (Å²) in [5.74, 6) is -1.59. The summed E-state index contributed by atoms with van der Waals surface area (Å²) in [7, 11) is 2.72. The Bertz CT molecular complexity index is 746. The number of esters is 1. The van der Waals surface area contributed by atoms with Gasteiger partial charge in [-0.1, -0.05) is 19.1 Å². The average Bonchev–Trinajstić information content (AvgIpc) is 2.95.